The Kier molecular flexibility index (Phi) is 4.06. The Morgan fingerprint density at radius 2 is 1.95 bits per heavy atom. The topological polar surface area (TPSA) is 72.5 Å². The van der Waals surface area contributed by atoms with Crippen LogP contribution in [0.5, 0.6) is 5.75 Å². The molecule has 0 aliphatic heterocycles. The van der Waals surface area contributed by atoms with Crippen molar-refractivity contribution in [2.75, 3.05) is 7.11 Å². The van der Waals surface area contributed by atoms with E-state index >= 15 is 0 Å². The Bertz CT molecular complexity index is 637. The van der Waals surface area contributed by atoms with Gasteiger partial charge in [0, 0.05) is 0 Å². The van der Waals surface area contributed by atoms with Gasteiger partial charge in [-0.3, -0.25) is 0 Å². The van der Waals surface area contributed by atoms with E-state index in [4.69, 9.17) is 14.4 Å². The molecule has 102 valence electrons. The summed E-state index contributed by atoms with van der Waals surface area (Å²) >= 11 is 0. The van der Waals surface area contributed by atoms with Crippen LogP contribution in [0, 0.1) is 11.3 Å². The SMILES string of the molecule is COC(=O)c1ccc(C(C)Oc2ccc(C#N)cc2)o1. The highest BCUT2D eigenvalue weighted by molar-refractivity contribution is 5.86. The van der Waals surface area contributed by atoms with E-state index in [1.807, 2.05) is 6.07 Å². The molecule has 1 aromatic carbocycles. The number of furan rings is 1. The van der Waals surface area contributed by atoms with E-state index in [2.05, 4.69) is 4.74 Å². The lowest BCUT2D eigenvalue weighted by molar-refractivity contribution is 0.0558. The molecule has 5 nitrogen and oxygen atoms in total. The van der Waals surface area contributed by atoms with Gasteiger partial charge in [-0.25, -0.2) is 4.79 Å². The molecule has 0 bridgehead atoms. The van der Waals surface area contributed by atoms with Gasteiger partial charge in [0.15, 0.2) is 6.10 Å². The number of hydrogen-bond acceptors (Lipinski definition) is 5. The monoisotopic (exact) mass is 271 g/mol. The highest BCUT2D eigenvalue weighted by atomic mass is 16.5. The van der Waals surface area contributed by atoms with Crippen molar-refractivity contribution in [1.29, 1.82) is 5.26 Å². The maximum absolute atomic E-state index is 11.3. The molecular weight excluding hydrogens is 258 g/mol. The molecule has 0 fully saturated rings. The van der Waals surface area contributed by atoms with Crippen LogP contribution in [0.25, 0.3) is 0 Å². The van der Waals surface area contributed by atoms with Gasteiger partial charge in [0.05, 0.1) is 18.7 Å². The van der Waals surface area contributed by atoms with Gasteiger partial charge in [-0.15, -0.1) is 0 Å². The molecule has 0 saturated carbocycles. The molecule has 0 amide bonds. The zero-order chi connectivity index (χ0) is 14.5. The van der Waals surface area contributed by atoms with Crippen LogP contribution < -0.4 is 4.74 Å². The summed E-state index contributed by atoms with van der Waals surface area (Å²) in [6, 6.07) is 12.0. The van der Waals surface area contributed by atoms with E-state index in [1.54, 1.807) is 43.3 Å². The lowest BCUT2D eigenvalue weighted by Gasteiger charge is -2.12. The van der Waals surface area contributed by atoms with E-state index in [0.29, 0.717) is 17.1 Å². The molecule has 20 heavy (non-hydrogen) atoms. The summed E-state index contributed by atoms with van der Waals surface area (Å²) in [5.41, 5.74) is 0.566. The number of hydrogen-bond donors (Lipinski definition) is 0. The van der Waals surface area contributed by atoms with Crippen LogP contribution in [-0.4, -0.2) is 13.1 Å². The zero-order valence-electron chi connectivity index (χ0n) is 11.1. The quantitative estimate of drug-likeness (QED) is 0.799. The average Bonchev–Trinajstić information content (AvgIpc) is 2.97. The Morgan fingerprint density at radius 1 is 1.25 bits per heavy atom. The number of methoxy groups -OCH3 is 1. The number of carbonyl (C=O) groups is 1. The lowest BCUT2D eigenvalue weighted by Crippen LogP contribution is -2.02. The molecule has 2 aromatic rings. The highest BCUT2D eigenvalue weighted by Gasteiger charge is 2.16. The summed E-state index contributed by atoms with van der Waals surface area (Å²) in [5.74, 6) is 0.752. The van der Waals surface area contributed by atoms with E-state index in [9.17, 15) is 4.79 Å². The number of rotatable bonds is 4. The third-order valence-electron chi connectivity index (χ3n) is 2.71. The van der Waals surface area contributed by atoms with Crippen LogP contribution in [0.2, 0.25) is 0 Å². The zero-order valence-corrected chi connectivity index (χ0v) is 11.1. The number of carbonyl (C=O) groups excluding carboxylic acids is 1. The molecule has 1 unspecified atom stereocenters. The second-order valence-electron chi connectivity index (χ2n) is 4.09. The average molecular weight is 271 g/mol. The number of nitrogens with zero attached hydrogens (tertiary/aromatic N) is 1. The maximum atomic E-state index is 11.3. The summed E-state index contributed by atoms with van der Waals surface area (Å²) in [7, 11) is 1.29. The minimum absolute atomic E-state index is 0.137. The Hall–Kier alpha value is -2.74. The molecule has 0 aliphatic carbocycles. The van der Waals surface area contributed by atoms with E-state index in [0.717, 1.165) is 0 Å². The second kappa shape index (κ2) is 5.93. The summed E-state index contributed by atoms with van der Waals surface area (Å²) in [5, 5.41) is 8.72. The molecule has 2 rings (SSSR count). The van der Waals surface area contributed by atoms with Crippen molar-refractivity contribution in [3.8, 4) is 11.8 Å². The molecule has 1 aromatic heterocycles. The molecule has 0 spiro atoms. The van der Waals surface area contributed by atoms with Crippen molar-refractivity contribution >= 4 is 5.97 Å². The molecule has 0 aliphatic rings. The van der Waals surface area contributed by atoms with Crippen molar-refractivity contribution in [2.24, 2.45) is 0 Å². The predicted molar refractivity (Wildman–Crippen MR) is 70.2 cm³/mol. The summed E-state index contributed by atoms with van der Waals surface area (Å²) < 4.78 is 15.6. The number of esters is 1. The van der Waals surface area contributed by atoms with Gasteiger partial charge >= 0.3 is 5.97 Å². The van der Waals surface area contributed by atoms with Gasteiger partial charge in [0.1, 0.15) is 11.5 Å². The van der Waals surface area contributed by atoms with Crippen molar-refractivity contribution in [3.05, 3.63) is 53.5 Å². The van der Waals surface area contributed by atoms with Crippen LogP contribution in [0.3, 0.4) is 0 Å². The first-order chi connectivity index (χ1) is 9.63. The molecule has 0 radical (unpaired) electrons. The molecule has 1 heterocycles. The third-order valence-corrected chi connectivity index (χ3v) is 2.71. The summed E-state index contributed by atoms with van der Waals surface area (Å²) in [6.07, 6.45) is -0.360. The maximum Gasteiger partial charge on any atom is 0.373 e. The fourth-order valence-corrected chi connectivity index (χ4v) is 1.65. The number of nitriles is 1. The number of benzene rings is 1. The normalized spacial score (nSPS) is 11.4. The van der Waals surface area contributed by atoms with Gasteiger partial charge in [-0.2, -0.15) is 5.26 Å². The first-order valence-electron chi connectivity index (χ1n) is 5.99. The fraction of sp³-hybridized carbons (Fsp3) is 0.200. The first kappa shape index (κ1) is 13.7. The van der Waals surface area contributed by atoms with E-state index in [1.165, 1.54) is 7.11 Å². The minimum Gasteiger partial charge on any atom is -0.483 e. The molecular formula is C15H13NO4. The van der Waals surface area contributed by atoms with E-state index in [-0.39, 0.29) is 11.9 Å². The van der Waals surface area contributed by atoms with Crippen molar-refractivity contribution in [2.45, 2.75) is 13.0 Å². The van der Waals surface area contributed by atoms with Crippen molar-refractivity contribution in [3.63, 3.8) is 0 Å². The largest absolute Gasteiger partial charge is 0.483 e. The molecule has 0 saturated heterocycles. The van der Waals surface area contributed by atoms with Crippen LogP contribution in [0.1, 0.15) is 34.9 Å². The van der Waals surface area contributed by atoms with Gasteiger partial charge in [-0.05, 0) is 43.3 Å². The summed E-state index contributed by atoms with van der Waals surface area (Å²) in [4.78, 5) is 11.3. The Labute approximate surface area is 116 Å². The molecule has 5 heteroatoms. The standard InChI is InChI=1S/C15H13NO4/c1-10(13-7-8-14(20-13)15(17)18-2)19-12-5-3-11(9-16)4-6-12/h3-8,10H,1-2H3. The van der Waals surface area contributed by atoms with Crippen LogP contribution >= 0.6 is 0 Å². The molecule has 1 atom stereocenters. The predicted octanol–water partition coefficient (Wildman–Crippen LogP) is 3.08. The number of ether oxygens (including phenoxy) is 2. The van der Waals surface area contributed by atoms with Gasteiger partial charge in [-0.1, -0.05) is 0 Å². The summed E-state index contributed by atoms with van der Waals surface area (Å²) in [6.45, 7) is 1.80. The third kappa shape index (κ3) is 2.98. The van der Waals surface area contributed by atoms with Crippen LogP contribution in [-0.2, 0) is 4.74 Å². The fourth-order valence-electron chi connectivity index (χ4n) is 1.65. The van der Waals surface area contributed by atoms with Gasteiger partial charge in [0.2, 0.25) is 5.76 Å². The Balaban J connectivity index is 2.07. The van der Waals surface area contributed by atoms with E-state index < -0.39 is 5.97 Å². The lowest BCUT2D eigenvalue weighted by atomic mass is 10.2. The first-order valence-corrected chi connectivity index (χ1v) is 5.99. The second-order valence-corrected chi connectivity index (χ2v) is 4.09. The van der Waals surface area contributed by atoms with Crippen molar-refractivity contribution in [1.82, 2.24) is 0 Å². The Morgan fingerprint density at radius 3 is 2.55 bits per heavy atom. The smallest absolute Gasteiger partial charge is 0.373 e. The van der Waals surface area contributed by atoms with Gasteiger partial charge < -0.3 is 13.9 Å². The highest BCUT2D eigenvalue weighted by Crippen LogP contribution is 2.23. The van der Waals surface area contributed by atoms with Crippen LogP contribution in [0.15, 0.2) is 40.8 Å². The van der Waals surface area contributed by atoms with Crippen molar-refractivity contribution < 1.29 is 18.7 Å². The molecule has 0 N–H and O–H groups in total. The van der Waals surface area contributed by atoms with Crippen LogP contribution in [0.4, 0.5) is 0 Å². The van der Waals surface area contributed by atoms with Gasteiger partial charge in [0.25, 0.3) is 0 Å². The minimum atomic E-state index is -0.526.